The summed E-state index contributed by atoms with van der Waals surface area (Å²) in [6.07, 6.45) is 0. The Morgan fingerprint density at radius 1 is 1.07 bits per heavy atom. The van der Waals surface area contributed by atoms with Gasteiger partial charge in [-0.05, 0) is 58.3 Å². The third-order valence-corrected chi connectivity index (χ3v) is 5.80. The third-order valence-electron chi connectivity index (χ3n) is 4.73. The maximum Gasteiger partial charge on any atom is 0.259 e. The topological polar surface area (TPSA) is 57.2 Å². The molecule has 3 aromatic rings. The van der Waals surface area contributed by atoms with Gasteiger partial charge in [-0.2, -0.15) is 0 Å². The summed E-state index contributed by atoms with van der Waals surface area (Å²) in [6, 6.07) is 13.2. The molecule has 0 saturated carbocycles. The second kappa shape index (κ2) is 7.38. The van der Waals surface area contributed by atoms with E-state index in [9.17, 15) is 4.79 Å². The van der Waals surface area contributed by atoms with Crippen molar-refractivity contribution < 1.29 is 23.7 Å². The molecule has 0 bridgehead atoms. The number of benzene rings is 3. The van der Waals surface area contributed by atoms with Crippen LogP contribution in [0.15, 0.2) is 42.5 Å². The van der Waals surface area contributed by atoms with Crippen LogP contribution < -0.4 is 23.8 Å². The van der Waals surface area contributed by atoms with Crippen molar-refractivity contribution in [2.24, 2.45) is 0 Å². The van der Waals surface area contributed by atoms with Crippen LogP contribution in [0.25, 0.3) is 10.8 Å². The lowest BCUT2D eigenvalue weighted by atomic mass is 10.1. The van der Waals surface area contributed by atoms with E-state index >= 15 is 0 Å². The summed E-state index contributed by atoms with van der Waals surface area (Å²) < 4.78 is 22.4. The van der Waals surface area contributed by atoms with Gasteiger partial charge in [-0.15, -0.1) is 0 Å². The Labute approximate surface area is 176 Å². The highest BCUT2D eigenvalue weighted by Gasteiger charge is 2.23. The number of hydrogen-bond donors (Lipinski definition) is 0. The van der Waals surface area contributed by atoms with E-state index in [1.807, 2.05) is 30.3 Å². The van der Waals surface area contributed by atoms with Gasteiger partial charge in [0.05, 0.1) is 29.0 Å². The lowest BCUT2D eigenvalue weighted by Crippen LogP contribution is -2.27. The van der Waals surface area contributed by atoms with Crippen molar-refractivity contribution in [3.63, 3.8) is 0 Å². The predicted octanol–water partition coefficient (Wildman–Crippen LogP) is 4.47. The summed E-state index contributed by atoms with van der Waals surface area (Å²) in [4.78, 5) is 14.9. The van der Waals surface area contributed by atoms with Crippen LogP contribution in [0.2, 0.25) is 0 Å². The van der Waals surface area contributed by atoms with Crippen LogP contribution >= 0.6 is 22.6 Å². The first-order valence-corrected chi connectivity index (χ1v) is 9.64. The molecule has 1 aliphatic heterocycles. The minimum absolute atomic E-state index is 0.143. The fourth-order valence-electron chi connectivity index (χ4n) is 3.29. The molecule has 0 atom stereocenters. The van der Waals surface area contributed by atoms with E-state index in [4.69, 9.17) is 18.9 Å². The van der Waals surface area contributed by atoms with E-state index < -0.39 is 0 Å². The van der Waals surface area contributed by atoms with Crippen molar-refractivity contribution in [2.75, 3.05) is 33.0 Å². The van der Waals surface area contributed by atoms with Crippen molar-refractivity contribution in [1.29, 1.82) is 0 Å². The van der Waals surface area contributed by atoms with Gasteiger partial charge >= 0.3 is 0 Å². The molecule has 0 N–H and O–H groups in total. The van der Waals surface area contributed by atoms with Crippen molar-refractivity contribution in [2.45, 2.75) is 0 Å². The van der Waals surface area contributed by atoms with Crippen LogP contribution in [0.5, 0.6) is 23.0 Å². The highest BCUT2D eigenvalue weighted by Crippen LogP contribution is 2.40. The summed E-state index contributed by atoms with van der Waals surface area (Å²) >= 11 is 2.11. The van der Waals surface area contributed by atoms with Gasteiger partial charge in [0.25, 0.3) is 5.91 Å². The number of amides is 1. The van der Waals surface area contributed by atoms with Gasteiger partial charge in [0.1, 0.15) is 0 Å². The quantitative estimate of drug-likeness (QED) is 0.505. The van der Waals surface area contributed by atoms with Gasteiger partial charge in [0, 0.05) is 12.4 Å². The van der Waals surface area contributed by atoms with Crippen LogP contribution in [0.3, 0.4) is 0 Å². The number of carbonyl (C=O) groups is 1. The Bertz CT molecular complexity index is 1080. The first-order valence-electron chi connectivity index (χ1n) is 8.56. The number of carbonyl (C=O) groups excluding carboxylic acids is 1. The molecule has 3 aromatic carbocycles. The minimum Gasteiger partial charge on any atom is -0.493 e. The highest BCUT2D eigenvalue weighted by atomic mass is 127. The van der Waals surface area contributed by atoms with Crippen LogP contribution in [-0.2, 0) is 0 Å². The molecule has 0 aliphatic carbocycles. The number of rotatable bonds is 4. The molecule has 0 aromatic heterocycles. The molecule has 28 heavy (non-hydrogen) atoms. The second-order valence-electron chi connectivity index (χ2n) is 6.23. The number of anilines is 1. The summed E-state index contributed by atoms with van der Waals surface area (Å²) in [5.74, 6) is 2.39. The number of ether oxygens (including phenoxy) is 4. The van der Waals surface area contributed by atoms with E-state index in [1.165, 1.54) is 0 Å². The van der Waals surface area contributed by atoms with Crippen LogP contribution in [-0.4, -0.2) is 34.0 Å². The molecule has 7 heteroatoms. The molecule has 4 rings (SSSR count). The third kappa shape index (κ3) is 2.99. The van der Waals surface area contributed by atoms with Gasteiger partial charge in [-0.3, -0.25) is 4.79 Å². The maximum absolute atomic E-state index is 13.3. The number of fused-ring (bicyclic) bond motifs is 2. The average Bonchev–Trinajstić information content (AvgIpc) is 3.17. The molecule has 1 amide bonds. The Hall–Kier alpha value is -2.68. The number of halogens is 1. The maximum atomic E-state index is 13.3. The molecule has 0 radical (unpaired) electrons. The molecular weight excluding hydrogens is 473 g/mol. The van der Waals surface area contributed by atoms with Crippen molar-refractivity contribution in [3.8, 4) is 23.0 Å². The molecule has 6 nitrogen and oxygen atoms in total. The molecule has 144 valence electrons. The molecule has 0 saturated heterocycles. The fourth-order valence-corrected chi connectivity index (χ4v) is 4.18. The summed E-state index contributed by atoms with van der Waals surface area (Å²) in [5.41, 5.74) is 1.32. The van der Waals surface area contributed by atoms with E-state index in [0.29, 0.717) is 32.1 Å². The zero-order valence-corrected chi connectivity index (χ0v) is 17.8. The fraction of sp³-hybridized carbons (Fsp3) is 0.190. The lowest BCUT2D eigenvalue weighted by molar-refractivity contribution is 0.0992. The molecule has 0 fully saturated rings. The molecule has 0 spiro atoms. The van der Waals surface area contributed by atoms with Crippen molar-refractivity contribution in [3.05, 3.63) is 51.6 Å². The monoisotopic (exact) mass is 491 g/mol. The largest absolute Gasteiger partial charge is 0.493 e. The SMILES string of the molecule is COc1ccc(C(=O)N(C)c2cccc3cc4c(cc23)OCO4)c(I)c1OC. The van der Waals surface area contributed by atoms with E-state index in [-0.39, 0.29) is 12.7 Å². The Morgan fingerprint density at radius 3 is 2.54 bits per heavy atom. The number of nitrogens with zero attached hydrogens (tertiary/aromatic N) is 1. The van der Waals surface area contributed by atoms with Gasteiger partial charge in [-0.1, -0.05) is 12.1 Å². The summed E-state index contributed by atoms with van der Waals surface area (Å²) in [6.45, 7) is 0.208. The van der Waals surface area contributed by atoms with E-state index in [2.05, 4.69) is 22.6 Å². The normalized spacial score (nSPS) is 12.1. The Balaban J connectivity index is 1.78. The Kier molecular flexibility index (Phi) is 4.92. The van der Waals surface area contributed by atoms with Gasteiger partial charge < -0.3 is 23.8 Å². The predicted molar refractivity (Wildman–Crippen MR) is 115 cm³/mol. The average molecular weight is 491 g/mol. The summed E-state index contributed by atoms with van der Waals surface area (Å²) in [7, 11) is 4.89. The minimum atomic E-state index is -0.143. The van der Waals surface area contributed by atoms with E-state index in [1.54, 1.807) is 38.3 Å². The van der Waals surface area contributed by atoms with Crippen LogP contribution in [0.1, 0.15) is 10.4 Å². The standard InChI is InChI=1S/C21H18INO5/c1-23(21(24)13-7-8-16(25-2)20(26-3)19(13)22)15-6-4-5-12-9-17-18(10-14(12)15)28-11-27-17/h4-10H,11H2,1-3H3. The zero-order chi connectivity index (χ0) is 19.8. The number of hydrogen-bond acceptors (Lipinski definition) is 5. The Morgan fingerprint density at radius 2 is 1.82 bits per heavy atom. The van der Waals surface area contributed by atoms with Gasteiger partial charge in [0.2, 0.25) is 6.79 Å². The first-order chi connectivity index (χ1) is 13.5. The zero-order valence-electron chi connectivity index (χ0n) is 15.6. The first kappa shape index (κ1) is 18.7. The molecule has 1 aliphatic rings. The van der Waals surface area contributed by atoms with E-state index in [0.717, 1.165) is 16.5 Å². The molecule has 0 unspecified atom stereocenters. The van der Waals surface area contributed by atoms with Gasteiger partial charge in [-0.25, -0.2) is 0 Å². The van der Waals surface area contributed by atoms with Crippen molar-refractivity contribution >= 4 is 45.0 Å². The lowest BCUT2D eigenvalue weighted by Gasteiger charge is -2.21. The van der Waals surface area contributed by atoms with Crippen LogP contribution in [0, 0.1) is 3.57 Å². The van der Waals surface area contributed by atoms with Gasteiger partial charge in [0.15, 0.2) is 23.0 Å². The molecule has 1 heterocycles. The number of methoxy groups -OCH3 is 2. The highest BCUT2D eigenvalue weighted by molar-refractivity contribution is 14.1. The second-order valence-corrected chi connectivity index (χ2v) is 7.31. The molecular formula is C21H18INO5. The summed E-state index contributed by atoms with van der Waals surface area (Å²) in [5, 5.41) is 1.89. The van der Waals surface area contributed by atoms with Crippen LogP contribution in [0.4, 0.5) is 5.69 Å². The van der Waals surface area contributed by atoms with Crippen molar-refractivity contribution in [1.82, 2.24) is 0 Å². The smallest absolute Gasteiger partial charge is 0.259 e.